The summed E-state index contributed by atoms with van der Waals surface area (Å²) in [4.78, 5) is 0. The zero-order valence-electron chi connectivity index (χ0n) is 6.72. The van der Waals surface area contributed by atoms with Crippen molar-refractivity contribution in [2.24, 2.45) is 10.8 Å². The first-order valence-corrected chi connectivity index (χ1v) is 3.75. The molecule has 0 atom stereocenters. The van der Waals surface area contributed by atoms with Crippen LogP contribution in [0.25, 0.3) is 0 Å². The van der Waals surface area contributed by atoms with Crippen molar-refractivity contribution in [3.8, 4) is 0 Å². The van der Waals surface area contributed by atoms with Crippen LogP contribution in [0.3, 0.4) is 0 Å². The lowest BCUT2D eigenvalue weighted by Gasteiger charge is -2.51. The van der Waals surface area contributed by atoms with Gasteiger partial charge in [0.2, 0.25) is 0 Å². The lowest BCUT2D eigenvalue weighted by Crippen LogP contribution is -2.48. The molecule has 0 heterocycles. The summed E-state index contributed by atoms with van der Waals surface area (Å²) in [7, 11) is 0. The van der Waals surface area contributed by atoms with E-state index in [1.165, 1.54) is 0 Å². The molecule has 2 heteroatoms. The van der Waals surface area contributed by atoms with E-state index in [9.17, 15) is 0 Å². The van der Waals surface area contributed by atoms with Crippen molar-refractivity contribution in [2.45, 2.75) is 26.7 Å². The summed E-state index contributed by atoms with van der Waals surface area (Å²) in [6.07, 6.45) is 1.90. The van der Waals surface area contributed by atoms with Crippen LogP contribution in [0.1, 0.15) is 26.7 Å². The molecule has 1 fully saturated rings. The largest absolute Gasteiger partial charge is 0.396 e. The second kappa shape index (κ2) is 2.21. The molecule has 0 unspecified atom stereocenters. The molecule has 0 bridgehead atoms. The highest BCUT2D eigenvalue weighted by molar-refractivity contribution is 4.98. The van der Waals surface area contributed by atoms with Crippen molar-refractivity contribution < 1.29 is 10.2 Å². The third-order valence-corrected chi connectivity index (χ3v) is 2.38. The Bertz CT molecular complexity index is 115. The predicted octanol–water partition coefficient (Wildman–Crippen LogP) is 0.777. The van der Waals surface area contributed by atoms with Gasteiger partial charge in [0.05, 0.1) is 13.2 Å². The van der Waals surface area contributed by atoms with Gasteiger partial charge in [-0.1, -0.05) is 13.8 Å². The van der Waals surface area contributed by atoms with Gasteiger partial charge < -0.3 is 10.2 Å². The van der Waals surface area contributed by atoms with Crippen molar-refractivity contribution in [1.82, 2.24) is 0 Å². The van der Waals surface area contributed by atoms with E-state index in [0.717, 1.165) is 12.8 Å². The van der Waals surface area contributed by atoms with E-state index in [0.29, 0.717) is 5.41 Å². The molecule has 60 valence electrons. The number of aliphatic hydroxyl groups excluding tert-OH is 2. The van der Waals surface area contributed by atoms with Gasteiger partial charge in [0.15, 0.2) is 0 Å². The van der Waals surface area contributed by atoms with Gasteiger partial charge in [-0.2, -0.15) is 0 Å². The van der Waals surface area contributed by atoms with Crippen LogP contribution in [0.15, 0.2) is 0 Å². The third kappa shape index (κ3) is 1.18. The zero-order chi connectivity index (χ0) is 7.83. The summed E-state index contributed by atoms with van der Waals surface area (Å²) in [6, 6.07) is 0. The molecule has 10 heavy (non-hydrogen) atoms. The highest BCUT2D eigenvalue weighted by atomic mass is 16.3. The number of hydrogen-bond donors (Lipinski definition) is 2. The maximum absolute atomic E-state index is 8.91. The lowest BCUT2D eigenvalue weighted by molar-refractivity contribution is -0.0884. The third-order valence-electron chi connectivity index (χ3n) is 2.38. The zero-order valence-corrected chi connectivity index (χ0v) is 6.72. The highest BCUT2D eigenvalue weighted by Crippen LogP contribution is 2.53. The van der Waals surface area contributed by atoms with Gasteiger partial charge in [0.25, 0.3) is 0 Å². The minimum Gasteiger partial charge on any atom is -0.396 e. The molecule has 0 aromatic rings. The van der Waals surface area contributed by atoms with E-state index in [1.54, 1.807) is 0 Å². The van der Waals surface area contributed by atoms with Crippen LogP contribution >= 0.6 is 0 Å². The molecule has 1 saturated carbocycles. The first-order valence-electron chi connectivity index (χ1n) is 3.75. The molecular weight excluding hydrogens is 128 g/mol. The van der Waals surface area contributed by atoms with Crippen LogP contribution in [0, 0.1) is 10.8 Å². The molecule has 2 N–H and O–H groups in total. The van der Waals surface area contributed by atoms with E-state index >= 15 is 0 Å². The van der Waals surface area contributed by atoms with E-state index in [4.69, 9.17) is 10.2 Å². The van der Waals surface area contributed by atoms with Crippen molar-refractivity contribution in [3.05, 3.63) is 0 Å². The maximum Gasteiger partial charge on any atom is 0.0509 e. The smallest absolute Gasteiger partial charge is 0.0509 e. The van der Waals surface area contributed by atoms with Crippen molar-refractivity contribution in [3.63, 3.8) is 0 Å². The fourth-order valence-electron chi connectivity index (χ4n) is 2.25. The Labute approximate surface area is 61.9 Å². The Morgan fingerprint density at radius 1 is 1.10 bits per heavy atom. The minimum atomic E-state index is -0.149. The standard InChI is InChI=1S/C8H16O2/c1-7(2)3-8(4-7,5-9)6-10/h9-10H,3-6H2,1-2H3. The summed E-state index contributed by atoms with van der Waals surface area (Å²) in [6.45, 7) is 4.59. The van der Waals surface area contributed by atoms with Crippen LogP contribution in [-0.2, 0) is 0 Å². The van der Waals surface area contributed by atoms with Crippen LogP contribution in [-0.4, -0.2) is 23.4 Å². The molecule has 0 amide bonds. The summed E-state index contributed by atoms with van der Waals surface area (Å²) >= 11 is 0. The van der Waals surface area contributed by atoms with Gasteiger partial charge in [-0.15, -0.1) is 0 Å². The van der Waals surface area contributed by atoms with Gasteiger partial charge in [0.1, 0.15) is 0 Å². The lowest BCUT2D eigenvalue weighted by atomic mass is 9.55. The first-order chi connectivity index (χ1) is 4.54. The van der Waals surface area contributed by atoms with Gasteiger partial charge in [-0.3, -0.25) is 0 Å². The maximum atomic E-state index is 8.91. The number of rotatable bonds is 2. The van der Waals surface area contributed by atoms with E-state index in [-0.39, 0.29) is 18.6 Å². The molecule has 0 spiro atoms. The second-order valence-corrected chi connectivity index (χ2v) is 4.33. The average Bonchev–Trinajstić information content (AvgIpc) is 1.82. The van der Waals surface area contributed by atoms with Crippen LogP contribution in [0.2, 0.25) is 0 Å². The van der Waals surface area contributed by atoms with Crippen LogP contribution in [0.5, 0.6) is 0 Å². The van der Waals surface area contributed by atoms with E-state index in [2.05, 4.69) is 13.8 Å². The molecule has 0 saturated heterocycles. The monoisotopic (exact) mass is 144 g/mol. The topological polar surface area (TPSA) is 40.5 Å². The van der Waals surface area contributed by atoms with E-state index < -0.39 is 0 Å². The summed E-state index contributed by atoms with van der Waals surface area (Å²) in [5, 5.41) is 17.8. The number of hydrogen-bond acceptors (Lipinski definition) is 2. The molecule has 2 nitrogen and oxygen atoms in total. The summed E-state index contributed by atoms with van der Waals surface area (Å²) in [5.74, 6) is 0. The minimum absolute atomic E-state index is 0.132. The molecule has 1 aliphatic rings. The molecule has 1 rings (SSSR count). The molecule has 0 aliphatic heterocycles. The van der Waals surface area contributed by atoms with Crippen LogP contribution in [0.4, 0.5) is 0 Å². The van der Waals surface area contributed by atoms with Crippen molar-refractivity contribution in [1.29, 1.82) is 0 Å². The molecule has 1 aliphatic carbocycles. The van der Waals surface area contributed by atoms with Crippen molar-refractivity contribution in [2.75, 3.05) is 13.2 Å². The fourth-order valence-corrected chi connectivity index (χ4v) is 2.25. The summed E-state index contributed by atoms with van der Waals surface area (Å²) in [5.41, 5.74) is 0.189. The van der Waals surface area contributed by atoms with Gasteiger partial charge >= 0.3 is 0 Å². The highest BCUT2D eigenvalue weighted by Gasteiger charge is 2.48. The van der Waals surface area contributed by atoms with Crippen molar-refractivity contribution >= 4 is 0 Å². The number of aliphatic hydroxyl groups is 2. The second-order valence-electron chi connectivity index (χ2n) is 4.33. The fraction of sp³-hybridized carbons (Fsp3) is 1.00. The molecule has 0 radical (unpaired) electrons. The van der Waals surface area contributed by atoms with Gasteiger partial charge in [-0.05, 0) is 18.3 Å². The Morgan fingerprint density at radius 3 is 1.60 bits per heavy atom. The normalized spacial score (nSPS) is 27.6. The van der Waals surface area contributed by atoms with E-state index in [1.807, 2.05) is 0 Å². The first kappa shape index (κ1) is 8.02. The summed E-state index contributed by atoms with van der Waals surface area (Å²) < 4.78 is 0. The SMILES string of the molecule is CC1(C)CC(CO)(CO)C1. The Hall–Kier alpha value is -0.0800. The van der Waals surface area contributed by atoms with Gasteiger partial charge in [0, 0.05) is 5.41 Å². The quantitative estimate of drug-likeness (QED) is 0.601. The molecule has 0 aromatic carbocycles. The van der Waals surface area contributed by atoms with Crippen LogP contribution < -0.4 is 0 Å². The Balaban J connectivity index is 2.46. The Morgan fingerprint density at radius 2 is 1.50 bits per heavy atom. The Kier molecular flexibility index (Phi) is 1.77. The van der Waals surface area contributed by atoms with Gasteiger partial charge in [-0.25, -0.2) is 0 Å². The molecular formula is C8H16O2. The predicted molar refractivity (Wildman–Crippen MR) is 39.6 cm³/mol. The average molecular weight is 144 g/mol. The molecule has 0 aromatic heterocycles.